The van der Waals surface area contributed by atoms with Gasteiger partial charge < -0.3 is 0 Å². The smallest absolute Gasteiger partial charge is 0.199 e. The third kappa shape index (κ3) is 3.60. The predicted molar refractivity (Wildman–Crippen MR) is 74.4 cm³/mol. The van der Waals surface area contributed by atoms with Gasteiger partial charge in [0.2, 0.25) is 0 Å². The molecular weight excluding hydrogens is 454 g/mol. The van der Waals surface area contributed by atoms with Gasteiger partial charge in [-0.05, 0) is 25.7 Å². The zero-order valence-electron chi connectivity index (χ0n) is 11.8. The summed E-state index contributed by atoms with van der Waals surface area (Å²) in [6.45, 7) is 1.16. The van der Waals surface area contributed by atoms with E-state index in [4.69, 9.17) is 0 Å². The molecule has 0 N–H and O–H groups in total. The average Bonchev–Trinajstić information content (AvgIpc) is 2.32. The van der Waals surface area contributed by atoms with Crippen molar-refractivity contribution in [1.82, 2.24) is 0 Å². The summed E-state index contributed by atoms with van der Waals surface area (Å²) in [5, 5.41) is 0. The Kier molecular flexibility index (Phi) is 5.71. The zero-order chi connectivity index (χ0) is 18.3. The van der Waals surface area contributed by atoms with Gasteiger partial charge in [0, 0.05) is 9.34 Å². The minimum atomic E-state index is -6.83. The number of halogens is 10. The fourth-order valence-corrected chi connectivity index (χ4v) is 3.49. The molecule has 136 valence electrons. The van der Waals surface area contributed by atoms with Crippen LogP contribution in [0.3, 0.4) is 0 Å². The summed E-state index contributed by atoms with van der Waals surface area (Å²) in [6.07, 6.45) is -4.12. The Labute approximate surface area is 140 Å². The van der Waals surface area contributed by atoms with E-state index < -0.39 is 39.7 Å². The monoisotopic (exact) mass is 468 g/mol. The lowest BCUT2D eigenvalue weighted by Crippen LogP contribution is -2.65. The molecule has 10 heteroatoms. The molecule has 0 amide bonds. The van der Waals surface area contributed by atoms with Crippen LogP contribution in [0.2, 0.25) is 0 Å². The Hall–Kier alpha value is -0.160. The Balaban J connectivity index is 3.35. The summed E-state index contributed by atoms with van der Waals surface area (Å²) in [5.74, 6) is -21.3. The van der Waals surface area contributed by atoms with Crippen LogP contribution in [0.15, 0.2) is 12.2 Å². The SMILES string of the molecule is CC1(I)CCC/C=C\CC1C(F)(F)C(F)(F)C(F)(F)C(F)(F)F. The normalized spacial score (nSPS) is 29.8. The lowest BCUT2D eigenvalue weighted by atomic mass is 9.77. The maximum atomic E-state index is 14.2. The molecule has 0 radical (unpaired) electrons. The van der Waals surface area contributed by atoms with E-state index in [1.807, 2.05) is 0 Å². The quantitative estimate of drug-likeness (QED) is 0.195. The average molecular weight is 468 g/mol. The molecule has 0 bridgehead atoms. The van der Waals surface area contributed by atoms with Crippen molar-refractivity contribution < 1.29 is 39.5 Å². The Morgan fingerprint density at radius 3 is 1.91 bits per heavy atom. The van der Waals surface area contributed by atoms with Crippen LogP contribution >= 0.6 is 22.6 Å². The first-order valence-electron chi connectivity index (χ1n) is 6.63. The number of hydrogen-bond donors (Lipinski definition) is 0. The lowest BCUT2D eigenvalue weighted by Gasteiger charge is -2.43. The predicted octanol–water partition coefficient (Wildman–Crippen LogP) is 6.39. The van der Waals surface area contributed by atoms with Gasteiger partial charge in [0.15, 0.2) is 0 Å². The van der Waals surface area contributed by atoms with Crippen LogP contribution in [0.5, 0.6) is 0 Å². The second kappa shape index (κ2) is 6.29. The van der Waals surface area contributed by atoms with Crippen LogP contribution in [-0.2, 0) is 0 Å². The van der Waals surface area contributed by atoms with Gasteiger partial charge in [-0.2, -0.15) is 39.5 Å². The summed E-state index contributed by atoms with van der Waals surface area (Å²) < 4.78 is 117. The molecule has 0 aromatic carbocycles. The molecule has 0 saturated carbocycles. The maximum Gasteiger partial charge on any atom is 0.460 e. The molecule has 0 aliphatic heterocycles. The molecule has 1 aliphatic rings. The van der Waals surface area contributed by atoms with E-state index in [1.54, 1.807) is 0 Å². The van der Waals surface area contributed by atoms with Gasteiger partial charge in [-0.3, -0.25) is 0 Å². The lowest BCUT2D eigenvalue weighted by molar-refractivity contribution is -0.403. The van der Waals surface area contributed by atoms with E-state index in [0.29, 0.717) is 12.8 Å². The van der Waals surface area contributed by atoms with E-state index >= 15 is 0 Å². The zero-order valence-corrected chi connectivity index (χ0v) is 14.0. The second-order valence-corrected chi connectivity index (χ2v) is 8.16. The van der Waals surface area contributed by atoms with Gasteiger partial charge >= 0.3 is 23.9 Å². The first kappa shape index (κ1) is 20.9. The minimum absolute atomic E-state index is 0.00811. The molecule has 2 unspecified atom stereocenters. The standard InChI is InChI=1S/C13H14F9I/c1-9(23)7-5-3-2-4-6-8(9)10(14,15)11(16,17)12(18,19)13(20,21)22/h2,4,8H,3,5-7H2,1H3/b4-2-. The molecule has 0 aromatic heterocycles. The van der Waals surface area contributed by atoms with Gasteiger partial charge in [-0.15, -0.1) is 0 Å². The molecule has 1 aliphatic carbocycles. The van der Waals surface area contributed by atoms with Crippen molar-refractivity contribution in [2.75, 3.05) is 0 Å². The van der Waals surface area contributed by atoms with Crippen molar-refractivity contribution in [3.63, 3.8) is 0 Å². The molecule has 0 nitrogen and oxygen atoms in total. The Morgan fingerprint density at radius 2 is 1.43 bits per heavy atom. The van der Waals surface area contributed by atoms with E-state index in [-0.39, 0.29) is 6.42 Å². The van der Waals surface area contributed by atoms with E-state index in [0.717, 1.165) is 13.0 Å². The van der Waals surface area contributed by atoms with Crippen LogP contribution in [-0.4, -0.2) is 27.4 Å². The van der Waals surface area contributed by atoms with Crippen molar-refractivity contribution >= 4 is 22.6 Å². The maximum absolute atomic E-state index is 14.2. The van der Waals surface area contributed by atoms with Crippen LogP contribution in [0, 0.1) is 5.92 Å². The number of rotatable bonds is 3. The summed E-state index contributed by atoms with van der Waals surface area (Å²) in [7, 11) is 0. The first-order valence-corrected chi connectivity index (χ1v) is 7.71. The van der Waals surface area contributed by atoms with E-state index in [2.05, 4.69) is 0 Å². The van der Waals surface area contributed by atoms with Gasteiger partial charge in [0.1, 0.15) is 0 Å². The van der Waals surface area contributed by atoms with Crippen molar-refractivity contribution in [3.8, 4) is 0 Å². The highest BCUT2D eigenvalue weighted by molar-refractivity contribution is 14.1. The number of hydrogen-bond acceptors (Lipinski definition) is 0. The Morgan fingerprint density at radius 1 is 0.913 bits per heavy atom. The van der Waals surface area contributed by atoms with Crippen molar-refractivity contribution in [1.29, 1.82) is 0 Å². The summed E-state index contributed by atoms with van der Waals surface area (Å²) in [6, 6.07) is 0. The Bertz CT molecular complexity index is 451. The number of alkyl halides is 10. The highest BCUT2D eigenvalue weighted by atomic mass is 127. The van der Waals surface area contributed by atoms with Crippen molar-refractivity contribution in [2.24, 2.45) is 5.92 Å². The number of allylic oxidation sites excluding steroid dienone is 2. The topological polar surface area (TPSA) is 0 Å². The van der Waals surface area contributed by atoms with Crippen LogP contribution in [0.1, 0.15) is 32.6 Å². The largest absolute Gasteiger partial charge is 0.460 e. The third-order valence-corrected chi connectivity index (χ3v) is 5.20. The van der Waals surface area contributed by atoms with Crippen molar-refractivity contribution in [2.45, 2.75) is 60.0 Å². The summed E-state index contributed by atoms with van der Waals surface area (Å²) in [4.78, 5) is 0. The van der Waals surface area contributed by atoms with Crippen LogP contribution in [0.25, 0.3) is 0 Å². The molecule has 2 atom stereocenters. The molecule has 0 aromatic rings. The molecule has 23 heavy (non-hydrogen) atoms. The fraction of sp³-hybridized carbons (Fsp3) is 0.846. The fourth-order valence-electron chi connectivity index (χ4n) is 2.47. The van der Waals surface area contributed by atoms with E-state index in [1.165, 1.54) is 28.7 Å². The molecule has 0 saturated heterocycles. The first-order chi connectivity index (χ1) is 10.1. The highest BCUT2D eigenvalue weighted by Crippen LogP contribution is 2.59. The molecule has 0 heterocycles. The summed E-state index contributed by atoms with van der Waals surface area (Å²) in [5.41, 5.74) is 0. The highest BCUT2D eigenvalue weighted by Gasteiger charge is 2.83. The molecule has 0 fully saturated rings. The minimum Gasteiger partial charge on any atom is -0.199 e. The molecule has 0 spiro atoms. The van der Waals surface area contributed by atoms with Gasteiger partial charge in [-0.1, -0.05) is 41.7 Å². The van der Waals surface area contributed by atoms with E-state index in [9.17, 15) is 39.5 Å². The van der Waals surface area contributed by atoms with Gasteiger partial charge in [-0.25, -0.2) is 0 Å². The second-order valence-electron chi connectivity index (χ2n) is 5.70. The molecular formula is C13H14F9I. The molecule has 1 rings (SSSR count). The summed E-state index contributed by atoms with van der Waals surface area (Å²) >= 11 is 1.44. The van der Waals surface area contributed by atoms with Crippen LogP contribution in [0.4, 0.5) is 39.5 Å². The third-order valence-electron chi connectivity index (χ3n) is 3.91. The van der Waals surface area contributed by atoms with Gasteiger partial charge in [0.05, 0.1) is 0 Å². The van der Waals surface area contributed by atoms with Crippen molar-refractivity contribution in [3.05, 3.63) is 12.2 Å². The van der Waals surface area contributed by atoms with Crippen LogP contribution < -0.4 is 0 Å². The van der Waals surface area contributed by atoms with Gasteiger partial charge in [0.25, 0.3) is 0 Å².